The van der Waals surface area contributed by atoms with Gasteiger partial charge in [0.25, 0.3) is 0 Å². The average molecular weight is 311 g/mol. The van der Waals surface area contributed by atoms with Crippen LogP contribution in [0.3, 0.4) is 0 Å². The summed E-state index contributed by atoms with van der Waals surface area (Å²) in [5.74, 6) is -0.776. The number of nitrogens with zero attached hydrogens (tertiary/aromatic N) is 1. The molecule has 0 radical (unpaired) electrons. The van der Waals surface area contributed by atoms with Gasteiger partial charge in [0.1, 0.15) is 6.07 Å². The largest absolute Gasteiger partial charge is 0.481 e. The molecule has 0 fully saturated rings. The van der Waals surface area contributed by atoms with E-state index in [9.17, 15) is 4.79 Å². The lowest BCUT2D eigenvalue weighted by Crippen LogP contribution is -2.16. The van der Waals surface area contributed by atoms with Crippen LogP contribution in [0.2, 0.25) is 0 Å². The number of benzene rings is 1. The first-order valence-corrected chi connectivity index (χ1v) is 6.51. The van der Waals surface area contributed by atoms with Gasteiger partial charge in [0.15, 0.2) is 0 Å². The second-order valence-electron chi connectivity index (χ2n) is 4.11. The number of nitrogens with one attached hydrogen (secondary N) is 1. The van der Waals surface area contributed by atoms with Crippen molar-refractivity contribution in [3.8, 4) is 6.07 Å². The Morgan fingerprint density at radius 2 is 2.33 bits per heavy atom. The molecule has 0 aliphatic rings. The van der Waals surface area contributed by atoms with E-state index in [2.05, 4.69) is 27.3 Å². The van der Waals surface area contributed by atoms with Crippen LogP contribution >= 0.6 is 15.9 Å². The molecule has 0 aliphatic carbocycles. The first kappa shape index (κ1) is 14.5. The monoisotopic (exact) mass is 310 g/mol. The van der Waals surface area contributed by atoms with Gasteiger partial charge in [0.05, 0.1) is 11.3 Å². The highest BCUT2D eigenvalue weighted by atomic mass is 79.9. The van der Waals surface area contributed by atoms with E-state index >= 15 is 0 Å². The summed E-state index contributed by atoms with van der Waals surface area (Å²) in [5.41, 5.74) is 1.34. The minimum Gasteiger partial charge on any atom is -0.481 e. The van der Waals surface area contributed by atoms with Crippen LogP contribution < -0.4 is 5.32 Å². The number of anilines is 1. The lowest BCUT2D eigenvalue weighted by atomic mass is 10.1. The smallest absolute Gasteiger partial charge is 0.303 e. The lowest BCUT2D eigenvalue weighted by molar-refractivity contribution is -0.137. The maximum Gasteiger partial charge on any atom is 0.303 e. The van der Waals surface area contributed by atoms with Crippen molar-refractivity contribution in [2.75, 3.05) is 5.32 Å². The van der Waals surface area contributed by atoms with Crippen molar-refractivity contribution in [2.24, 2.45) is 0 Å². The number of carboxylic acids is 1. The molecule has 18 heavy (non-hydrogen) atoms. The molecule has 1 unspecified atom stereocenters. The molecule has 0 saturated carbocycles. The van der Waals surface area contributed by atoms with Crippen molar-refractivity contribution in [1.82, 2.24) is 0 Å². The fourth-order valence-corrected chi connectivity index (χ4v) is 2.11. The van der Waals surface area contributed by atoms with Gasteiger partial charge < -0.3 is 10.4 Å². The number of rotatable bonds is 6. The summed E-state index contributed by atoms with van der Waals surface area (Å²) in [4.78, 5) is 10.4. The molecular formula is C13H15BrN2O2. The Labute approximate surface area is 115 Å². The van der Waals surface area contributed by atoms with Crippen LogP contribution in [-0.4, -0.2) is 17.1 Å². The van der Waals surface area contributed by atoms with Gasteiger partial charge >= 0.3 is 5.97 Å². The van der Waals surface area contributed by atoms with Crippen LogP contribution in [0.25, 0.3) is 0 Å². The summed E-state index contributed by atoms with van der Waals surface area (Å²) >= 11 is 3.33. The normalized spacial score (nSPS) is 11.6. The van der Waals surface area contributed by atoms with Crippen LogP contribution in [-0.2, 0) is 4.79 Å². The van der Waals surface area contributed by atoms with E-state index < -0.39 is 5.97 Å². The summed E-state index contributed by atoms with van der Waals surface area (Å²) in [6.07, 6.45) is 1.55. The molecule has 1 atom stereocenters. The number of hydrogen-bond donors (Lipinski definition) is 2. The van der Waals surface area contributed by atoms with E-state index in [0.29, 0.717) is 12.0 Å². The molecule has 1 rings (SSSR count). The summed E-state index contributed by atoms with van der Waals surface area (Å²) in [6.45, 7) is 1.98. The van der Waals surface area contributed by atoms with E-state index in [0.717, 1.165) is 16.6 Å². The van der Waals surface area contributed by atoms with E-state index in [1.165, 1.54) is 0 Å². The van der Waals surface area contributed by atoms with Crippen molar-refractivity contribution < 1.29 is 9.90 Å². The van der Waals surface area contributed by atoms with Crippen LogP contribution in [0.5, 0.6) is 0 Å². The molecule has 0 aromatic heterocycles. The van der Waals surface area contributed by atoms with Crippen molar-refractivity contribution in [3.05, 3.63) is 28.2 Å². The third-order valence-electron chi connectivity index (χ3n) is 2.56. The van der Waals surface area contributed by atoms with Gasteiger partial charge in [-0.3, -0.25) is 4.79 Å². The molecule has 0 heterocycles. The summed E-state index contributed by atoms with van der Waals surface area (Å²) < 4.78 is 0.757. The van der Waals surface area contributed by atoms with Crippen LogP contribution in [0.4, 0.5) is 5.69 Å². The number of carbonyl (C=O) groups is 1. The first-order chi connectivity index (χ1) is 8.54. The standard InChI is InChI=1S/C13H15BrN2O2/c1-9(4-2-7-13(17)18)16-12-6-3-5-11(14)10(12)8-15/h3,5-6,9,16H,2,4,7H2,1H3,(H,17,18). The second-order valence-corrected chi connectivity index (χ2v) is 4.96. The van der Waals surface area contributed by atoms with E-state index in [1.54, 1.807) is 0 Å². The van der Waals surface area contributed by atoms with Gasteiger partial charge in [0, 0.05) is 16.9 Å². The van der Waals surface area contributed by atoms with Crippen molar-refractivity contribution in [2.45, 2.75) is 32.2 Å². The summed E-state index contributed by atoms with van der Waals surface area (Å²) in [6, 6.07) is 7.79. The van der Waals surface area contributed by atoms with E-state index in [4.69, 9.17) is 10.4 Å². The van der Waals surface area contributed by atoms with Crippen LogP contribution in [0.15, 0.2) is 22.7 Å². The Bertz CT molecular complexity index is 469. The molecule has 1 aromatic carbocycles. The minimum absolute atomic E-state index is 0.130. The number of halogens is 1. The predicted octanol–water partition coefficient (Wildman–Crippen LogP) is 3.38. The van der Waals surface area contributed by atoms with Gasteiger partial charge in [-0.1, -0.05) is 6.07 Å². The number of hydrogen-bond acceptors (Lipinski definition) is 3. The highest BCUT2D eigenvalue weighted by Crippen LogP contribution is 2.24. The first-order valence-electron chi connectivity index (χ1n) is 5.71. The molecule has 0 saturated heterocycles. The SMILES string of the molecule is CC(CCCC(=O)O)Nc1cccc(Br)c1C#N. The summed E-state index contributed by atoms with van der Waals surface area (Å²) in [5, 5.41) is 20.9. The van der Waals surface area contributed by atoms with Crippen LogP contribution in [0, 0.1) is 11.3 Å². The molecular weight excluding hydrogens is 296 g/mol. The molecule has 1 aromatic rings. The fraction of sp³-hybridized carbons (Fsp3) is 0.385. The zero-order valence-electron chi connectivity index (χ0n) is 10.1. The molecule has 4 nitrogen and oxygen atoms in total. The number of carboxylic acid groups (broad SMARTS) is 1. The Morgan fingerprint density at radius 1 is 1.61 bits per heavy atom. The molecule has 0 amide bonds. The molecule has 0 aliphatic heterocycles. The zero-order chi connectivity index (χ0) is 13.5. The van der Waals surface area contributed by atoms with E-state index in [-0.39, 0.29) is 12.5 Å². The van der Waals surface area contributed by atoms with E-state index in [1.807, 2.05) is 25.1 Å². The van der Waals surface area contributed by atoms with Gasteiger partial charge in [-0.15, -0.1) is 0 Å². The van der Waals surface area contributed by atoms with Crippen molar-refractivity contribution >= 4 is 27.6 Å². The second kappa shape index (κ2) is 7.02. The zero-order valence-corrected chi connectivity index (χ0v) is 11.7. The van der Waals surface area contributed by atoms with Gasteiger partial charge in [-0.05, 0) is 47.8 Å². The van der Waals surface area contributed by atoms with Crippen LogP contribution in [0.1, 0.15) is 31.7 Å². The highest BCUT2D eigenvalue weighted by Gasteiger charge is 2.09. The van der Waals surface area contributed by atoms with Crippen molar-refractivity contribution in [1.29, 1.82) is 5.26 Å². The van der Waals surface area contributed by atoms with Gasteiger partial charge in [-0.2, -0.15) is 5.26 Å². The Kier molecular flexibility index (Phi) is 5.66. The molecule has 96 valence electrons. The fourth-order valence-electron chi connectivity index (χ4n) is 1.66. The maximum atomic E-state index is 10.4. The number of aliphatic carboxylic acids is 1. The molecule has 0 bridgehead atoms. The Morgan fingerprint density at radius 3 is 2.94 bits per heavy atom. The highest BCUT2D eigenvalue weighted by molar-refractivity contribution is 9.10. The van der Waals surface area contributed by atoms with Gasteiger partial charge in [-0.25, -0.2) is 0 Å². The topological polar surface area (TPSA) is 73.1 Å². The molecule has 0 spiro atoms. The minimum atomic E-state index is -0.776. The molecule has 5 heteroatoms. The number of nitriles is 1. The van der Waals surface area contributed by atoms with Crippen molar-refractivity contribution in [3.63, 3.8) is 0 Å². The third kappa shape index (κ3) is 4.38. The Hall–Kier alpha value is -1.54. The average Bonchev–Trinajstić information content (AvgIpc) is 2.28. The van der Waals surface area contributed by atoms with Gasteiger partial charge in [0.2, 0.25) is 0 Å². The Balaban J connectivity index is 2.59. The lowest BCUT2D eigenvalue weighted by Gasteiger charge is -2.16. The quantitative estimate of drug-likeness (QED) is 0.844. The molecule has 2 N–H and O–H groups in total. The maximum absolute atomic E-state index is 10.4. The predicted molar refractivity (Wildman–Crippen MR) is 73.4 cm³/mol. The third-order valence-corrected chi connectivity index (χ3v) is 3.22. The summed E-state index contributed by atoms with van der Waals surface area (Å²) in [7, 11) is 0.